The van der Waals surface area contributed by atoms with Crippen molar-refractivity contribution in [2.75, 3.05) is 132 Å². The van der Waals surface area contributed by atoms with E-state index >= 15 is 0 Å². The smallest absolute Gasteiger partial charge is 0.246 e. The highest BCUT2D eigenvalue weighted by atomic mass is 16.5. The van der Waals surface area contributed by atoms with Gasteiger partial charge in [0.25, 0.3) is 0 Å². The van der Waals surface area contributed by atoms with Crippen LogP contribution in [0.2, 0.25) is 0 Å². The van der Waals surface area contributed by atoms with Crippen molar-refractivity contribution in [1.29, 1.82) is 0 Å². The SMILES string of the molecule is CC.CCCOCCOCC(=O)NCCOCCOCC(=O)NCCOCCOCC.CCNC(=O)COCCOCCNC=O. The van der Waals surface area contributed by atoms with Gasteiger partial charge in [-0.05, 0) is 20.3 Å². The molecule has 0 spiro atoms. The van der Waals surface area contributed by atoms with Crippen LogP contribution in [0.5, 0.6) is 0 Å². The molecule has 0 aromatic heterocycles. The third-order valence-electron chi connectivity index (χ3n) is 4.73. The summed E-state index contributed by atoms with van der Waals surface area (Å²) in [6, 6.07) is 0. The molecule has 0 fully saturated rings. The van der Waals surface area contributed by atoms with Gasteiger partial charge in [-0.2, -0.15) is 0 Å². The number of likely N-dealkylation sites (N-methyl/N-ethyl adjacent to an activating group) is 1. The molecule has 274 valence electrons. The molecule has 0 aliphatic carbocycles. The molecule has 0 saturated heterocycles. The molecule has 0 atom stereocenters. The predicted molar refractivity (Wildman–Crippen MR) is 173 cm³/mol. The Hall–Kier alpha value is -2.44. The summed E-state index contributed by atoms with van der Waals surface area (Å²) in [5.41, 5.74) is 0. The Morgan fingerprint density at radius 1 is 0.478 bits per heavy atom. The van der Waals surface area contributed by atoms with E-state index in [2.05, 4.69) is 21.3 Å². The molecule has 0 radical (unpaired) electrons. The number of carbonyl (C=O) groups excluding carboxylic acids is 4. The fourth-order valence-electron chi connectivity index (χ4n) is 2.73. The highest BCUT2D eigenvalue weighted by molar-refractivity contribution is 5.77. The molecule has 0 saturated carbocycles. The van der Waals surface area contributed by atoms with E-state index in [9.17, 15) is 19.2 Å². The van der Waals surface area contributed by atoms with Gasteiger partial charge in [-0.3, -0.25) is 19.2 Å². The highest BCUT2D eigenvalue weighted by Gasteiger charge is 2.02. The quantitative estimate of drug-likeness (QED) is 0.0540. The van der Waals surface area contributed by atoms with Crippen LogP contribution in [0.3, 0.4) is 0 Å². The molecule has 0 rings (SSSR count). The van der Waals surface area contributed by atoms with E-state index in [1.807, 2.05) is 34.6 Å². The van der Waals surface area contributed by atoms with Crippen molar-refractivity contribution in [3.05, 3.63) is 0 Å². The third-order valence-corrected chi connectivity index (χ3v) is 4.73. The van der Waals surface area contributed by atoms with Crippen molar-refractivity contribution in [3.63, 3.8) is 0 Å². The van der Waals surface area contributed by atoms with Crippen LogP contribution in [-0.2, 0) is 57.1 Å². The molecule has 4 N–H and O–H groups in total. The van der Waals surface area contributed by atoms with Crippen LogP contribution in [0.1, 0.15) is 41.0 Å². The number of amides is 4. The van der Waals surface area contributed by atoms with Crippen LogP contribution in [0, 0.1) is 0 Å². The first-order chi connectivity index (χ1) is 22.5. The Labute approximate surface area is 275 Å². The van der Waals surface area contributed by atoms with E-state index in [4.69, 9.17) is 37.9 Å². The van der Waals surface area contributed by atoms with Gasteiger partial charge in [-0.25, -0.2) is 0 Å². The minimum atomic E-state index is -0.203. The molecule has 0 aliphatic heterocycles. The van der Waals surface area contributed by atoms with Gasteiger partial charge < -0.3 is 59.2 Å². The van der Waals surface area contributed by atoms with Crippen molar-refractivity contribution in [3.8, 4) is 0 Å². The third kappa shape index (κ3) is 46.0. The summed E-state index contributed by atoms with van der Waals surface area (Å²) < 4.78 is 41.5. The lowest BCUT2D eigenvalue weighted by molar-refractivity contribution is -0.127. The van der Waals surface area contributed by atoms with E-state index < -0.39 is 0 Å². The van der Waals surface area contributed by atoms with Gasteiger partial charge in [0, 0.05) is 39.4 Å². The van der Waals surface area contributed by atoms with Gasteiger partial charge in [-0.15, -0.1) is 0 Å². The van der Waals surface area contributed by atoms with Crippen molar-refractivity contribution in [2.24, 2.45) is 0 Å². The summed E-state index contributed by atoms with van der Waals surface area (Å²) in [6.07, 6.45) is 1.58. The molecule has 0 aromatic carbocycles. The second-order valence-corrected chi connectivity index (χ2v) is 8.53. The van der Waals surface area contributed by atoms with Crippen molar-refractivity contribution < 1.29 is 57.1 Å². The minimum absolute atomic E-state index is 0.00522. The van der Waals surface area contributed by atoms with E-state index in [1.54, 1.807) is 0 Å². The Kier molecular flexibility index (Phi) is 46.6. The van der Waals surface area contributed by atoms with Gasteiger partial charge in [0.15, 0.2) is 0 Å². The molecule has 4 amide bonds. The summed E-state index contributed by atoms with van der Waals surface area (Å²) in [5, 5.41) is 10.4. The maximum atomic E-state index is 11.5. The molecule has 0 aliphatic rings. The Bertz CT molecular complexity index is 663. The lowest BCUT2D eigenvalue weighted by Crippen LogP contribution is -2.32. The largest absolute Gasteiger partial charge is 0.379 e. The molecule has 46 heavy (non-hydrogen) atoms. The molecule has 16 heteroatoms. The molecular weight excluding hydrogens is 608 g/mol. The molecule has 16 nitrogen and oxygen atoms in total. The van der Waals surface area contributed by atoms with E-state index in [1.165, 1.54) is 0 Å². The van der Waals surface area contributed by atoms with Gasteiger partial charge in [0.05, 0.1) is 72.7 Å². The van der Waals surface area contributed by atoms with E-state index in [0.717, 1.165) is 6.42 Å². The van der Waals surface area contributed by atoms with Crippen LogP contribution >= 0.6 is 0 Å². The van der Waals surface area contributed by atoms with Crippen LogP contribution in [0.4, 0.5) is 0 Å². The Balaban J connectivity index is -0.000000912. The standard InChI is InChI=1S/C19H38N2O8.C9H18N2O4.C2H6/c1-3-7-25-12-14-28-16-18(22)21-6-9-27-13-15-29-17-19(23)20-5-8-26-11-10-24-4-2;1-2-11-9(13)7-15-6-5-14-4-3-10-8-12;1-2/h3-17H2,1-2H3,(H,20,23)(H,21,22);8H,2-7H2,1H3,(H,10,12)(H,11,13);1-2H3. The van der Waals surface area contributed by atoms with Crippen LogP contribution < -0.4 is 21.3 Å². The average Bonchev–Trinajstić information content (AvgIpc) is 3.06. The number of carbonyl (C=O) groups is 4. The van der Waals surface area contributed by atoms with Crippen molar-refractivity contribution >= 4 is 24.1 Å². The Morgan fingerprint density at radius 2 is 0.848 bits per heavy atom. The average molecular weight is 671 g/mol. The number of rotatable bonds is 32. The fraction of sp³-hybridized carbons (Fsp3) is 0.867. The van der Waals surface area contributed by atoms with Crippen LogP contribution in [0.15, 0.2) is 0 Å². The lowest BCUT2D eigenvalue weighted by atomic mass is 10.5. The van der Waals surface area contributed by atoms with Gasteiger partial charge in [0.2, 0.25) is 24.1 Å². The molecule has 0 heterocycles. The topological polar surface area (TPSA) is 190 Å². The van der Waals surface area contributed by atoms with E-state index in [0.29, 0.717) is 118 Å². The molecule has 0 bridgehead atoms. The van der Waals surface area contributed by atoms with Crippen molar-refractivity contribution in [1.82, 2.24) is 21.3 Å². The highest BCUT2D eigenvalue weighted by Crippen LogP contribution is 1.84. The second-order valence-electron chi connectivity index (χ2n) is 8.53. The first-order valence-electron chi connectivity index (χ1n) is 16.1. The summed E-state index contributed by atoms with van der Waals surface area (Å²) in [6.45, 7) is 17.7. The second kappa shape index (κ2) is 44.7. The van der Waals surface area contributed by atoms with Gasteiger partial charge in [0.1, 0.15) is 19.8 Å². The minimum Gasteiger partial charge on any atom is -0.379 e. The van der Waals surface area contributed by atoms with E-state index in [-0.39, 0.29) is 37.5 Å². The zero-order valence-electron chi connectivity index (χ0n) is 28.8. The number of hydrogen-bond donors (Lipinski definition) is 4. The zero-order valence-corrected chi connectivity index (χ0v) is 28.8. The monoisotopic (exact) mass is 670 g/mol. The van der Waals surface area contributed by atoms with Crippen LogP contribution in [0.25, 0.3) is 0 Å². The molecule has 0 aromatic rings. The maximum Gasteiger partial charge on any atom is 0.246 e. The Morgan fingerprint density at radius 3 is 1.24 bits per heavy atom. The summed E-state index contributed by atoms with van der Waals surface area (Å²) >= 11 is 0. The predicted octanol–water partition coefficient (Wildman–Crippen LogP) is -0.324. The number of ether oxygens (including phenoxy) is 8. The lowest BCUT2D eigenvalue weighted by Gasteiger charge is -2.09. The van der Waals surface area contributed by atoms with Crippen LogP contribution in [-0.4, -0.2) is 156 Å². The fourth-order valence-corrected chi connectivity index (χ4v) is 2.73. The zero-order chi connectivity index (χ0) is 34.8. The first kappa shape index (κ1) is 48.0. The summed E-state index contributed by atoms with van der Waals surface area (Å²) in [7, 11) is 0. The number of hydrogen-bond acceptors (Lipinski definition) is 12. The number of nitrogens with one attached hydrogen (secondary N) is 4. The van der Waals surface area contributed by atoms with Crippen molar-refractivity contribution in [2.45, 2.75) is 41.0 Å². The van der Waals surface area contributed by atoms with Gasteiger partial charge >= 0.3 is 0 Å². The normalized spacial score (nSPS) is 10.1. The molecular formula is C30H62N4O12. The van der Waals surface area contributed by atoms with Gasteiger partial charge in [-0.1, -0.05) is 20.8 Å². The summed E-state index contributed by atoms with van der Waals surface area (Å²) in [5.74, 6) is -0.523. The first-order valence-corrected chi connectivity index (χ1v) is 16.1. The maximum absolute atomic E-state index is 11.5. The molecule has 0 unspecified atom stereocenters. The summed E-state index contributed by atoms with van der Waals surface area (Å²) in [4.78, 5) is 43.8.